The van der Waals surface area contributed by atoms with Gasteiger partial charge in [0.15, 0.2) is 10.2 Å². The highest BCUT2D eigenvalue weighted by Crippen LogP contribution is 2.20. The molecule has 0 amide bonds. The minimum Gasteiger partial charge on any atom is -0.358 e. The minimum absolute atomic E-state index is 0.616. The summed E-state index contributed by atoms with van der Waals surface area (Å²) in [5, 5.41) is 14.5. The lowest BCUT2D eigenvalue weighted by atomic mass is 10.1. The van der Waals surface area contributed by atoms with Gasteiger partial charge in [-0.3, -0.25) is 0 Å². The van der Waals surface area contributed by atoms with Crippen LogP contribution in [0.1, 0.15) is 33.4 Å². The van der Waals surface area contributed by atoms with E-state index in [9.17, 15) is 0 Å². The molecule has 3 aromatic rings. The van der Waals surface area contributed by atoms with Crippen molar-refractivity contribution in [3.05, 3.63) is 94.0 Å². The molecule has 0 aromatic heterocycles. The van der Waals surface area contributed by atoms with Crippen molar-refractivity contribution in [2.45, 2.75) is 40.8 Å². The molecule has 0 aliphatic heterocycles. The van der Waals surface area contributed by atoms with Crippen molar-refractivity contribution >= 4 is 46.0 Å². The molecule has 4 N–H and O–H groups in total. The van der Waals surface area contributed by atoms with E-state index < -0.39 is 0 Å². The second kappa shape index (κ2) is 11.1. The number of nitrogens with one attached hydrogen (secondary N) is 4. The van der Waals surface area contributed by atoms with E-state index in [4.69, 9.17) is 24.4 Å². The zero-order valence-electron chi connectivity index (χ0n) is 19.0. The van der Waals surface area contributed by atoms with Crippen molar-refractivity contribution in [2.75, 3.05) is 10.6 Å². The fourth-order valence-corrected chi connectivity index (χ4v) is 3.90. The van der Waals surface area contributed by atoms with Gasteiger partial charge in [-0.05, 0) is 85.5 Å². The zero-order valence-corrected chi connectivity index (χ0v) is 20.6. The Balaban J connectivity index is 1.52. The fourth-order valence-electron chi connectivity index (χ4n) is 3.55. The molecule has 0 heterocycles. The van der Waals surface area contributed by atoms with Gasteiger partial charge in [0, 0.05) is 24.5 Å². The lowest BCUT2D eigenvalue weighted by Gasteiger charge is -2.16. The number of aryl methyl sites for hydroxylation is 4. The number of hydrogen-bond donors (Lipinski definition) is 4. The van der Waals surface area contributed by atoms with Gasteiger partial charge < -0.3 is 21.3 Å². The minimum atomic E-state index is 0.616. The maximum atomic E-state index is 5.50. The van der Waals surface area contributed by atoms with Crippen LogP contribution < -0.4 is 21.3 Å². The summed E-state index contributed by atoms with van der Waals surface area (Å²) in [6.45, 7) is 9.61. The third-order valence-electron chi connectivity index (χ3n) is 5.34. The van der Waals surface area contributed by atoms with E-state index in [0.717, 1.165) is 22.5 Å². The van der Waals surface area contributed by atoms with Crippen molar-refractivity contribution in [3.8, 4) is 0 Å². The summed E-state index contributed by atoms with van der Waals surface area (Å²) >= 11 is 11.0. The average molecular weight is 463 g/mol. The summed E-state index contributed by atoms with van der Waals surface area (Å²) < 4.78 is 0. The Hall–Kier alpha value is -2.96. The maximum absolute atomic E-state index is 5.50. The summed E-state index contributed by atoms with van der Waals surface area (Å²) in [6.07, 6.45) is 0. The molecule has 0 saturated heterocycles. The van der Waals surface area contributed by atoms with Gasteiger partial charge in [0.2, 0.25) is 0 Å². The highest BCUT2D eigenvalue weighted by molar-refractivity contribution is 7.80. The summed E-state index contributed by atoms with van der Waals surface area (Å²) in [6, 6.07) is 20.8. The summed E-state index contributed by atoms with van der Waals surface area (Å²) in [7, 11) is 0. The van der Waals surface area contributed by atoms with Crippen LogP contribution in [0, 0.1) is 27.7 Å². The molecule has 32 heavy (non-hydrogen) atoms. The Morgan fingerprint density at radius 1 is 0.594 bits per heavy atom. The summed E-state index contributed by atoms with van der Waals surface area (Å²) in [4.78, 5) is 0. The quantitative estimate of drug-likeness (QED) is 0.343. The van der Waals surface area contributed by atoms with Gasteiger partial charge in [-0.15, -0.1) is 0 Å². The molecule has 3 aromatic carbocycles. The first-order valence-electron chi connectivity index (χ1n) is 10.6. The summed E-state index contributed by atoms with van der Waals surface area (Å²) in [5.74, 6) is 0. The van der Waals surface area contributed by atoms with E-state index >= 15 is 0 Å². The molecule has 0 aliphatic rings. The molecule has 0 saturated carbocycles. The van der Waals surface area contributed by atoms with E-state index in [1.54, 1.807) is 0 Å². The Morgan fingerprint density at radius 3 is 1.31 bits per heavy atom. The molecular formula is C26H30N4S2. The third-order valence-corrected chi connectivity index (χ3v) is 5.83. The highest BCUT2D eigenvalue weighted by atomic mass is 32.1. The molecule has 0 radical (unpaired) electrons. The predicted molar refractivity (Wildman–Crippen MR) is 144 cm³/mol. The predicted octanol–water partition coefficient (Wildman–Crippen LogP) is 5.89. The number of rotatable bonds is 6. The number of benzene rings is 3. The van der Waals surface area contributed by atoms with E-state index in [-0.39, 0.29) is 0 Å². The van der Waals surface area contributed by atoms with Crippen molar-refractivity contribution in [2.24, 2.45) is 0 Å². The van der Waals surface area contributed by atoms with Crippen molar-refractivity contribution < 1.29 is 0 Å². The van der Waals surface area contributed by atoms with Gasteiger partial charge in [0.05, 0.1) is 0 Å². The van der Waals surface area contributed by atoms with Crippen LogP contribution in [0.25, 0.3) is 0 Å². The zero-order chi connectivity index (χ0) is 23.1. The maximum Gasteiger partial charge on any atom is 0.171 e. The van der Waals surface area contributed by atoms with Crippen LogP contribution in [0.4, 0.5) is 11.4 Å². The standard InChI is InChI=1S/C26H30N4S2/c1-17-8-5-9-18(2)23(17)29-25(31)27-15-21-12-7-13-22(14-21)16-28-26(32)30-24-19(3)10-6-11-20(24)4/h5-14H,15-16H2,1-4H3,(H2,27,29,31)(H2,28,30,32). The van der Waals surface area contributed by atoms with E-state index in [1.165, 1.54) is 22.3 Å². The summed E-state index contributed by atoms with van der Waals surface area (Å²) in [5.41, 5.74) is 9.13. The monoisotopic (exact) mass is 462 g/mol. The second-order valence-electron chi connectivity index (χ2n) is 7.97. The number of para-hydroxylation sites is 2. The lowest BCUT2D eigenvalue weighted by molar-refractivity contribution is 0.896. The van der Waals surface area contributed by atoms with Gasteiger partial charge >= 0.3 is 0 Å². The van der Waals surface area contributed by atoms with Gasteiger partial charge in [0.25, 0.3) is 0 Å². The SMILES string of the molecule is Cc1cccc(C)c1NC(=S)NCc1cccc(CNC(=S)Nc2c(C)cccc2C)c1. The second-order valence-corrected chi connectivity index (χ2v) is 8.79. The molecular weight excluding hydrogens is 432 g/mol. The van der Waals surface area contributed by atoms with Crippen LogP contribution in [-0.4, -0.2) is 10.2 Å². The molecule has 0 fully saturated rings. The fraction of sp³-hybridized carbons (Fsp3) is 0.231. The number of anilines is 2. The molecule has 4 nitrogen and oxygen atoms in total. The van der Waals surface area contributed by atoms with Crippen LogP contribution >= 0.6 is 24.4 Å². The Morgan fingerprint density at radius 2 is 0.938 bits per heavy atom. The topological polar surface area (TPSA) is 48.1 Å². The molecule has 0 unspecified atom stereocenters. The van der Waals surface area contributed by atoms with Crippen LogP contribution in [0.3, 0.4) is 0 Å². The normalized spacial score (nSPS) is 10.4. The van der Waals surface area contributed by atoms with Gasteiger partial charge in [-0.25, -0.2) is 0 Å². The first-order chi connectivity index (χ1) is 15.3. The van der Waals surface area contributed by atoms with Crippen molar-refractivity contribution in [3.63, 3.8) is 0 Å². The van der Waals surface area contributed by atoms with Crippen molar-refractivity contribution in [1.82, 2.24) is 10.6 Å². The van der Waals surface area contributed by atoms with Crippen molar-refractivity contribution in [1.29, 1.82) is 0 Å². The van der Waals surface area contributed by atoms with Gasteiger partial charge in [-0.1, -0.05) is 60.7 Å². The molecule has 6 heteroatoms. The highest BCUT2D eigenvalue weighted by Gasteiger charge is 2.06. The molecule has 0 aliphatic carbocycles. The van der Waals surface area contributed by atoms with Gasteiger partial charge in [0.1, 0.15) is 0 Å². The first kappa shape index (κ1) is 23.7. The van der Waals surface area contributed by atoms with E-state index in [2.05, 4.69) is 110 Å². The average Bonchev–Trinajstić information content (AvgIpc) is 2.76. The molecule has 0 atom stereocenters. The number of hydrogen-bond acceptors (Lipinski definition) is 2. The van der Waals surface area contributed by atoms with E-state index in [0.29, 0.717) is 23.3 Å². The molecule has 0 bridgehead atoms. The van der Waals surface area contributed by atoms with E-state index in [1.807, 2.05) is 0 Å². The Bertz CT molecular complexity index is 999. The smallest absolute Gasteiger partial charge is 0.171 e. The van der Waals surface area contributed by atoms with Crippen LogP contribution in [0.15, 0.2) is 60.7 Å². The largest absolute Gasteiger partial charge is 0.358 e. The third kappa shape index (κ3) is 6.52. The first-order valence-corrected chi connectivity index (χ1v) is 11.4. The van der Waals surface area contributed by atoms with Crippen LogP contribution in [0.2, 0.25) is 0 Å². The lowest BCUT2D eigenvalue weighted by Crippen LogP contribution is -2.29. The Labute approximate surface area is 201 Å². The Kier molecular flexibility index (Phi) is 8.20. The van der Waals surface area contributed by atoms with Crippen LogP contribution in [0.5, 0.6) is 0 Å². The van der Waals surface area contributed by atoms with Gasteiger partial charge in [-0.2, -0.15) is 0 Å². The molecule has 166 valence electrons. The molecule has 0 spiro atoms. The molecule has 3 rings (SSSR count). The van der Waals surface area contributed by atoms with Crippen LogP contribution in [-0.2, 0) is 13.1 Å². The number of thiocarbonyl (C=S) groups is 2.